The van der Waals surface area contributed by atoms with Gasteiger partial charge in [0.2, 0.25) is 0 Å². The van der Waals surface area contributed by atoms with Gasteiger partial charge in [0, 0.05) is 19.2 Å². The maximum absolute atomic E-state index is 5.77. The van der Waals surface area contributed by atoms with E-state index in [4.69, 9.17) is 4.74 Å². The summed E-state index contributed by atoms with van der Waals surface area (Å²) in [6.45, 7) is 7.03. The fraction of sp³-hybridized carbons (Fsp3) is 0.643. The van der Waals surface area contributed by atoms with Crippen LogP contribution in [0, 0.1) is 5.92 Å². The van der Waals surface area contributed by atoms with Crippen molar-refractivity contribution in [3.05, 3.63) is 24.0 Å². The molecule has 92 valence electrons. The molecule has 0 bridgehead atoms. The third-order valence-corrected chi connectivity index (χ3v) is 2.22. The molecule has 0 amide bonds. The van der Waals surface area contributed by atoms with Gasteiger partial charge >= 0.3 is 0 Å². The summed E-state index contributed by atoms with van der Waals surface area (Å²) in [4.78, 5) is 4.08. The van der Waals surface area contributed by atoms with E-state index in [0.29, 0.717) is 5.92 Å². The topological polar surface area (TPSA) is 21.6 Å². The molecule has 2 heteroatoms. The molecule has 0 aliphatic rings. The van der Waals surface area contributed by atoms with Crippen LogP contribution in [-0.2, 0) is 4.74 Å². The van der Waals surface area contributed by atoms with Crippen molar-refractivity contribution in [2.45, 2.75) is 40.0 Å². The summed E-state index contributed by atoms with van der Waals surface area (Å²) < 4.78 is 5.77. The minimum Gasteiger partial charge on any atom is -0.493 e. The van der Waals surface area contributed by atoms with Gasteiger partial charge in [-0.1, -0.05) is 26.3 Å². The van der Waals surface area contributed by atoms with E-state index in [1.165, 1.54) is 0 Å². The van der Waals surface area contributed by atoms with Crippen LogP contribution >= 0.6 is 0 Å². The van der Waals surface area contributed by atoms with E-state index in [0.717, 1.165) is 31.6 Å². The first kappa shape index (κ1) is 14.9. The van der Waals surface area contributed by atoms with Crippen molar-refractivity contribution in [2.24, 2.45) is 10.9 Å². The van der Waals surface area contributed by atoms with E-state index >= 15 is 0 Å². The first-order valence-corrected chi connectivity index (χ1v) is 6.16. The average molecular weight is 223 g/mol. The standard InChI is InChI=1S/C14H25NO/c1-5-8-13(11-15-4)12-16-14(9-6-2)10-7-3/h6,9-11,13H,5,7-8,12H2,1-4H3/b9-6-,14-10+,15-11?. The number of hydrogen-bond acceptors (Lipinski definition) is 2. The van der Waals surface area contributed by atoms with Crippen LogP contribution in [0.1, 0.15) is 40.0 Å². The van der Waals surface area contributed by atoms with E-state index in [-0.39, 0.29) is 0 Å². The Morgan fingerprint density at radius 3 is 2.62 bits per heavy atom. The van der Waals surface area contributed by atoms with E-state index in [9.17, 15) is 0 Å². The van der Waals surface area contributed by atoms with Gasteiger partial charge in [0.25, 0.3) is 0 Å². The van der Waals surface area contributed by atoms with Crippen LogP contribution in [0.15, 0.2) is 29.0 Å². The van der Waals surface area contributed by atoms with Crippen LogP contribution in [-0.4, -0.2) is 19.9 Å². The first-order valence-electron chi connectivity index (χ1n) is 6.16. The molecule has 0 aliphatic carbocycles. The molecule has 0 rings (SSSR count). The molecule has 0 N–H and O–H groups in total. The molecule has 0 aliphatic heterocycles. The molecule has 1 unspecified atom stereocenters. The highest BCUT2D eigenvalue weighted by Gasteiger charge is 2.05. The third kappa shape index (κ3) is 7.27. The molecule has 0 aromatic carbocycles. The number of allylic oxidation sites excluding steroid dienone is 3. The molecule has 0 fully saturated rings. The zero-order valence-corrected chi connectivity index (χ0v) is 11.1. The molecular formula is C14H25NO. The summed E-state index contributed by atoms with van der Waals surface area (Å²) in [5.41, 5.74) is 0. The Hall–Kier alpha value is -1.05. The number of rotatable bonds is 8. The Bertz CT molecular complexity index is 241. The van der Waals surface area contributed by atoms with Crippen LogP contribution in [0.5, 0.6) is 0 Å². The molecule has 0 saturated carbocycles. The summed E-state index contributed by atoms with van der Waals surface area (Å²) in [5, 5.41) is 0. The normalized spacial score (nSPS) is 14.9. The highest BCUT2D eigenvalue weighted by molar-refractivity contribution is 5.60. The lowest BCUT2D eigenvalue weighted by Crippen LogP contribution is -2.10. The van der Waals surface area contributed by atoms with Crippen molar-refractivity contribution < 1.29 is 4.74 Å². The van der Waals surface area contributed by atoms with E-state index in [1.807, 2.05) is 32.3 Å². The SMILES string of the molecule is C/C=C\C(=C/CC)OCC(C=NC)CCC. The zero-order chi connectivity index (χ0) is 12.2. The fourth-order valence-electron chi connectivity index (χ4n) is 1.53. The van der Waals surface area contributed by atoms with Crippen molar-refractivity contribution >= 4 is 6.21 Å². The minimum absolute atomic E-state index is 0.431. The largest absolute Gasteiger partial charge is 0.493 e. The highest BCUT2D eigenvalue weighted by atomic mass is 16.5. The Morgan fingerprint density at radius 1 is 1.38 bits per heavy atom. The second kappa shape index (κ2) is 10.5. The Morgan fingerprint density at radius 2 is 2.12 bits per heavy atom. The summed E-state index contributed by atoms with van der Waals surface area (Å²) in [7, 11) is 1.82. The van der Waals surface area contributed by atoms with Gasteiger partial charge in [0.05, 0.1) is 6.61 Å². The molecule has 0 radical (unpaired) electrons. The van der Waals surface area contributed by atoms with Gasteiger partial charge in [-0.15, -0.1) is 0 Å². The Labute approximate surface area is 100 Å². The molecule has 0 spiro atoms. The predicted molar refractivity (Wildman–Crippen MR) is 72.0 cm³/mol. The van der Waals surface area contributed by atoms with Gasteiger partial charge in [0.1, 0.15) is 5.76 Å². The van der Waals surface area contributed by atoms with Crippen LogP contribution < -0.4 is 0 Å². The van der Waals surface area contributed by atoms with Crippen LogP contribution in [0.4, 0.5) is 0 Å². The van der Waals surface area contributed by atoms with Crippen molar-refractivity contribution in [3.8, 4) is 0 Å². The quantitative estimate of drug-likeness (QED) is 0.346. The van der Waals surface area contributed by atoms with Crippen molar-refractivity contribution in [3.63, 3.8) is 0 Å². The second-order valence-corrected chi connectivity index (χ2v) is 3.78. The Kier molecular flexibility index (Phi) is 9.78. The number of ether oxygens (including phenoxy) is 1. The van der Waals surface area contributed by atoms with E-state index < -0.39 is 0 Å². The lowest BCUT2D eigenvalue weighted by Gasteiger charge is -2.13. The monoisotopic (exact) mass is 223 g/mol. The average Bonchev–Trinajstić information content (AvgIpc) is 2.27. The van der Waals surface area contributed by atoms with Gasteiger partial charge in [-0.3, -0.25) is 0 Å². The maximum Gasteiger partial charge on any atom is 0.115 e. The molecule has 0 saturated heterocycles. The zero-order valence-electron chi connectivity index (χ0n) is 11.1. The minimum atomic E-state index is 0.431. The Balaban J connectivity index is 4.19. The number of hydrogen-bond donors (Lipinski definition) is 0. The molecule has 0 aromatic heterocycles. The van der Waals surface area contributed by atoms with Gasteiger partial charge in [0.15, 0.2) is 0 Å². The third-order valence-electron chi connectivity index (χ3n) is 2.22. The van der Waals surface area contributed by atoms with Gasteiger partial charge < -0.3 is 9.73 Å². The highest BCUT2D eigenvalue weighted by Crippen LogP contribution is 2.09. The van der Waals surface area contributed by atoms with Crippen LogP contribution in [0.2, 0.25) is 0 Å². The first-order chi connectivity index (χ1) is 7.78. The summed E-state index contributed by atoms with van der Waals surface area (Å²) in [6, 6.07) is 0. The molecule has 0 heterocycles. The fourth-order valence-corrected chi connectivity index (χ4v) is 1.53. The van der Waals surface area contributed by atoms with Gasteiger partial charge in [-0.05, 0) is 31.9 Å². The van der Waals surface area contributed by atoms with Gasteiger partial charge in [-0.25, -0.2) is 0 Å². The number of nitrogens with zero attached hydrogens (tertiary/aromatic N) is 1. The maximum atomic E-state index is 5.77. The van der Waals surface area contributed by atoms with Gasteiger partial charge in [-0.2, -0.15) is 0 Å². The summed E-state index contributed by atoms with van der Waals surface area (Å²) in [6.07, 6.45) is 11.4. The lowest BCUT2D eigenvalue weighted by molar-refractivity contribution is 0.196. The van der Waals surface area contributed by atoms with Crippen LogP contribution in [0.3, 0.4) is 0 Å². The lowest BCUT2D eigenvalue weighted by atomic mass is 10.1. The molecule has 2 nitrogen and oxygen atoms in total. The summed E-state index contributed by atoms with van der Waals surface area (Å²) in [5.74, 6) is 1.40. The van der Waals surface area contributed by atoms with E-state index in [2.05, 4.69) is 24.9 Å². The predicted octanol–water partition coefficient (Wildman–Crippen LogP) is 3.99. The number of aliphatic imine (C=N–C) groups is 1. The molecule has 16 heavy (non-hydrogen) atoms. The van der Waals surface area contributed by atoms with Crippen LogP contribution in [0.25, 0.3) is 0 Å². The second-order valence-electron chi connectivity index (χ2n) is 3.78. The van der Waals surface area contributed by atoms with Crippen molar-refractivity contribution in [1.82, 2.24) is 0 Å². The smallest absolute Gasteiger partial charge is 0.115 e. The summed E-state index contributed by atoms with van der Waals surface area (Å²) >= 11 is 0. The molecular weight excluding hydrogens is 198 g/mol. The van der Waals surface area contributed by atoms with Crippen molar-refractivity contribution in [2.75, 3.05) is 13.7 Å². The van der Waals surface area contributed by atoms with Crippen molar-refractivity contribution in [1.29, 1.82) is 0 Å². The molecule has 1 atom stereocenters. The van der Waals surface area contributed by atoms with E-state index in [1.54, 1.807) is 0 Å². The molecule has 0 aromatic rings.